The van der Waals surface area contributed by atoms with Gasteiger partial charge in [0.25, 0.3) is 0 Å². The van der Waals surface area contributed by atoms with Gasteiger partial charge < -0.3 is 5.32 Å². The predicted octanol–water partition coefficient (Wildman–Crippen LogP) is 2.23. The highest BCUT2D eigenvalue weighted by Gasteiger charge is 2.04. The number of halogens is 1. The van der Waals surface area contributed by atoms with E-state index in [1.165, 1.54) is 23.5 Å². The third kappa shape index (κ3) is 2.76. The van der Waals surface area contributed by atoms with Gasteiger partial charge >= 0.3 is 0 Å². The first kappa shape index (κ1) is 11.5. The molecule has 0 amide bonds. The molecule has 0 aliphatic carbocycles. The Hall–Kier alpha value is -1.01. The molecule has 16 heavy (non-hydrogen) atoms. The van der Waals surface area contributed by atoms with Crippen LogP contribution >= 0.6 is 11.3 Å². The SMILES string of the molecule is CS(=O)CCNc1nc2cc(F)ccc2s1. The molecule has 86 valence electrons. The van der Waals surface area contributed by atoms with Crippen LogP contribution in [0.25, 0.3) is 10.2 Å². The topological polar surface area (TPSA) is 42.0 Å². The number of nitrogens with zero attached hydrogens (tertiary/aromatic N) is 1. The Morgan fingerprint density at radius 2 is 2.38 bits per heavy atom. The van der Waals surface area contributed by atoms with E-state index >= 15 is 0 Å². The first-order valence-corrected chi connectivity index (χ1v) is 7.29. The van der Waals surface area contributed by atoms with Crippen LogP contribution in [0.1, 0.15) is 0 Å². The van der Waals surface area contributed by atoms with Crippen LogP contribution in [0.4, 0.5) is 9.52 Å². The molecule has 1 aromatic heterocycles. The van der Waals surface area contributed by atoms with Gasteiger partial charge in [-0.05, 0) is 12.1 Å². The predicted molar refractivity (Wildman–Crippen MR) is 67.0 cm³/mol. The van der Waals surface area contributed by atoms with Crippen LogP contribution in [-0.2, 0) is 10.8 Å². The highest BCUT2D eigenvalue weighted by atomic mass is 32.2. The summed E-state index contributed by atoms with van der Waals surface area (Å²) in [7, 11) is -0.806. The summed E-state index contributed by atoms with van der Waals surface area (Å²) in [5, 5.41) is 3.82. The number of hydrogen-bond acceptors (Lipinski definition) is 4. The van der Waals surface area contributed by atoms with Crippen LogP contribution < -0.4 is 5.32 Å². The molecule has 6 heteroatoms. The number of nitrogens with one attached hydrogen (secondary N) is 1. The van der Waals surface area contributed by atoms with Gasteiger partial charge in [0.2, 0.25) is 0 Å². The van der Waals surface area contributed by atoms with E-state index < -0.39 is 10.8 Å². The molecule has 0 fully saturated rings. The first-order valence-electron chi connectivity index (χ1n) is 4.75. The zero-order valence-corrected chi connectivity index (χ0v) is 10.3. The molecule has 2 rings (SSSR count). The van der Waals surface area contributed by atoms with E-state index in [4.69, 9.17) is 0 Å². The van der Waals surface area contributed by atoms with Gasteiger partial charge in [0.1, 0.15) is 5.82 Å². The monoisotopic (exact) mass is 258 g/mol. The van der Waals surface area contributed by atoms with E-state index in [9.17, 15) is 8.60 Å². The minimum Gasteiger partial charge on any atom is -0.361 e. The van der Waals surface area contributed by atoms with Gasteiger partial charge in [0.05, 0.1) is 10.2 Å². The summed E-state index contributed by atoms with van der Waals surface area (Å²) in [6.45, 7) is 0.616. The standard InChI is InChI=1S/C10H11FN2OS2/c1-16(14)5-4-12-10-13-8-6-7(11)2-3-9(8)15-10/h2-3,6H,4-5H2,1H3,(H,12,13). The first-order chi connectivity index (χ1) is 7.65. The summed E-state index contributed by atoms with van der Waals surface area (Å²) in [5.74, 6) is 0.309. The molecule has 1 N–H and O–H groups in total. The van der Waals surface area contributed by atoms with Crippen molar-refractivity contribution in [2.75, 3.05) is 23.9 Å². The van der Waals surface area contributed by atoms with Crippen LogP contribution in [-0.4, -0.2) is 27.7 Å². The highest BCUT2D eigenvalue weighted by molar-refractivity contribution is 7.84. The van der Waals surface area contributed by atoms with E-state index in [0.29, 0.717) is 17.8 Å². The lowest BCUT2D eigenvalue weighted by atomic mass is 10.3. The largest absolute Gasteiger partial charge is 0.361 e. The number of aromatic nitrogens is 1. The molecule has 0 radical (unpaired) electrons. The van der Waals surface area contributed by atoms with Crippen molar-refractivity contribution >= 4 is 37.5 Å². The molecule has 1 unspecified atom stereocenters. The Kier molecular flexibility index (Phi) is 3.50. The van der Waals surface area contributed by atoms with Gasteiger partial charge in [0.15, 0.2) is 5.13 Å². The molecule has 0 aliphatic rings. The number of hydrogen-bond donors (Lipinski definition) is 1. The molecule has 0 saturated heterocycles. The van der Waals surface area contributed by atoms with E-state index in [0.717, 1.165) is 9.83 Å². The number of fused-ring (bicyclic) bond motifs is 1. The third-order valence-corrected chi connectivity index (χ3v) is 3.79. The maximum absolute atomic E-state index is 12.9. The number of benzene rings is 1. The Bertz CT molecular complexity index is 527. The maximum Gasteiger partial charge on any atom is 0.183 e. The maximum atomic E-state index is 12.9. The lowest BCUT2D eigenvalue weighted by Gasteiger charge is -1.98. The normalized spacial score (nSPS) is 12.9. The Balaban J connectivity index is 2.10. The summed E-state index contributed by atoms with van der Waals surface area (Å²) in [5.41, 5.74) is 0.658. The van der Waals surface area contributed by atoms with Gasteiger partial charge in [0, 0.05) is 35.4 Å². The molecule has 1 heterocycles. The van der Waals surface area contributed by atoms with Crippen LogP contribution in [0.5, 0.6) is 0 Å². The second kappa shape index (κ2) is 4.88. The van der Waals surface area contributed by atoms with Gasteiger partial charge in [-0.15, -0.1) is 0 Å². The Labute approximate surface area is 99.2 Å². The quantitative estimate of drug-likeness (QED) is 0.914. The summed E-state index contributed by atoms with van der Waals surface area (Å²) < 4.78 is 24.7. The minimum atomic E-state index is -0.806. The van der Waals surface area contributed by atoms with Crippen LogP contribution in [0.2, 0.25) is 0 Å². The lowest BCUT2D eigenvalue weighted by Crippen LogP contribution is -2.09. The van der Waals surface area contributed by atoms with Crippen LogP contribution in [0, 0.1) is 5.82 Å². The summed E-state index contributed by atoms with van der Waals surface area (Å²) in [6, 6.07) is 4.55. The van der Waals surface area contributed by atoms with E-state index in [2.05, 4.69) is 10.3 Å². The van der Waals surface area contributed by atoms with Crippen LogP contribution in [0.3, 0.4) is 0 Å². The number of rotatable bonds is 4. The van der Waals surface area contributed by atoms with Crippen LogP contribution in [0.15, 0.2) is 18.2 Å². The van der Waals surface area contributed by atoms with Crippen molar-refractivity contribution in [1.29, 1.82) is 0 Å². The summed E-state index contributed by atoms with van der Waals surface area (Å²) in [4.78, 5) is 4.24. The molecule has 2 aromatic rings. The number of thiazole rings is 1. The van der Waals surface area contributed by atoms with Gasteiger partial charge in [-0.2, -0.15) is 0 Å². The molecule has 0 aliphatic heterocycles. The van der Waals surface area contributed by atoms with E-state index in [1.54, 1.807) is 12.3 Å². The fourth-order valence-electron chi connectivity index (χ4n) is 1.28. The third-order valence-electron chi connectivity index (χ3n) is 2.02. The Morgan fingerprint density at radius 3 is 3.12 bits per heavy atom. The smallest absolute Gasteiger partial charge is 0.183 e. The van der Waals surface area contributed by atoms with Crippen molar-refractivity contribution in [3.8, 4) is 0 Å². The van der Waals surface area contributed by atoms with Crippen molar-refractivity contribution in [3.63, 3.8) is 0 Å². The zero-order valence-electron chi connectivity index (χ0n) is 8.70. The molecule has 0 bridgehead atoms. The van der Waals surface area contributed by atoms with Crippen molar-refractivity contribution in [2.24, 2.45) is 0 Å². The van der Waals surface area contributed by atoms with Gasteiger partial charge in [-0.1, -0.05) is 11.3 Å². The molecule has 1 atom stereocenters. The van der Waals surface area contributed by atoms with Crippen molar-refractivity contribution in [1.82, 2.24) is 4.98 Å². The van der Waals surface area contributed by atoms with Crippen molar-refractivity contribution in [2.45, 2.75) is 0 Å². The molecular weight excluding hydrogens is 247 g/mol. The van der Waals surface area contributed by atoms with Crippen molar-refractivity contribution < 1.29 is 8.60 Å². The molecule has 3 nitrogen and oxygen atoms in total. The average Bonchev–Trinajstić information content (AvgIpc) is 2.58. The van der Waals surface area contributed by atoms with Gasteiger partial charge in [-0.3, -0.25) is 4.21 Å². The summed E-state index contributed by atoms with van der Waals surface area (Å²) in [6.07, 6.45) is 1.66. The average molecular weight is 258 g/mol. The second-order valence-corrected chi connectivity index (χ2v) is 5.92. The van der Waals surface area contributed by atoms with Gasteiger partial charge in [-0.25, -0.2) is 9.37 Å². The summed E-state index contributed by atoms with van der Waals surface area (Å²) >= 11 is 1.47. The van der Waals surface area contributed by atoms with Crippen molar-refractivity contribution in [3.05, 3.63) is 24.0 Å². The minimum absolute atomic E-state index is 0.279. The number of anilines is 1. The van der Waals surface area contributed by atoms with E-state index in [-0.39, 0.29) is 5.82 Å². The Morgan fingerprint density at radius 1 is 1.56 bits per heavy atom. The molecule has 0 spiro atoms. The second-order valence-electron chi connectivity index (χ2n) is 3.34. The zero-order chi connectivity index (χ0) is 11.5. The lowest BCUT2D eigenvalue weighted by molar-refractivity contribution is 0.629. The molecular formula is C10H11FN2OS2. The molecule has 1 aromatic carbocycles. The fraction of sp³-hybridized carbons (Fsp3) is 0.300. The fourth-order valence-corrected chi connectivity index (χ4v) is 2.54. The van der Waals surface area contributed by atoms with E-state index in [1.807, 2.05) is 0 Å². The molecule has 0 saturated carbocycles. The highest BCUT2D eigenvalue weighted by Crippen LogP contribution is 2.25.